The van der Waals surface area contributed by atoms with E-state index in [1.54, 1.807) is 18.2 Å². The Morgan fingerprint density at radius 1 is 0.367 bits per heavy atom. The lowest BCUT2D eigenvalue weighted by molar-refractivity contribution is -0.0270. The zero-order chi connectivity index (χ0) is 42.9. The molecule has 0 amide bonds. The zero-order valence-corrected chi connectivity index (χ0v) is 37.7. The molecular weight excluding hydrogens is 813 g/mol. The molecule has 0 radical (unpaired) electrons. The van der Waals surface area contributed by atoms with Gasteiger partial charge in [-0.2, -0.15) is 8.42 Å². The lowest BCUT2D eigenvalue weighted by Crippen LogP contribution is -2.66. The van der Waals surface area contributed by atoms with Gasteiger partial charge in [-0.1, -0.05) is 99.6 Å². The maximum absolute atomic E-state index is 12.0. The Morgan fingerprint density at radius 2 is 0.617 bits per heavy atom. The maximum Gasteiger partial charge on any atom is 0.297 e. The van der Waals surface area contributed by atoms with Crippen molar-refractivity contribution in [3.05, 3.63) is 91.0 Å². The first-order valence-corrected chi connectivity index (χ1v) is 24.1. The van der Waals surface area contributed by atoms with Crippen LogP contribution in [0.4, 0.5) is 0 Å². The van der Waals surface area contributed by atoms with Crippen LogP contribution in [0.1, 0.15) is 20.8 Å². The van der Waals surface area contributed by atoms with Crippen molar-refractivity contribution in [3.63, 3.8) is 0 Å². The van der Waals surface area contributed by atoms with Crippen molar-refractivity contribution in [3.8, 4) is 0 Å². The summed E-state index contributed by atoms with van der Waals surface area (Å²) < 4.78 is 91.2. The van der Waals surface area contributed by atoms with E-state index in [4.69, 9.17) is 56.0 Å². The van der Waals surface area contributed by atoms with Gasteiger partial charge in [-0.25, -0.2) is 0 Å². The monoisotopic (exact) mass is 880 g/mol. The van der Waals surface area contributed by atoms with Crippen LogP contribution >= 0.6 is 0 Å². The molecule has 0 fully saturated rings. The Hall–Kier alpha value is -2.65. The second kappa shape index (κ2) is 32.1. The van der Waals surface area contributed by atoms with Crippen molar-refractivity contribution in [2.75, 3.05) is 145 Å². The molecule has 0 aromatic heterocycles. The molecule has 0 spiro atoms. The highest BCUT2D eigenvalue weighted by molar-refractivity contribution is 7.86. The minimum absolute atomic E-state index is 0.0615. The van der Waals surface area contributed by atoms with Gasteiger partial charge < -0.3 is 51.8 Å². The number of benzene rings is 3. The van der Waals surface area contributed by atoms with E-state index in [2.05, 4.69) is 69.3 Å². The Kier molecular flexibility index (Phi) is 27.6. The van der Waals surface area contributed by atoms with Gasteiger partial charge in [-0.3, -0.25) is 4.18 Å². The van der Waals surface area contributed by atoms with Crippen molar-refractivity contribution in [2.24, 2.45) is 0 Å². The molecule has 0 unspecified atom stereocenters. The van der Waals surface area contributed by atoms with Crippen LogP contribution in [0.5, 0.6) is 0 Å². The molecule has 0 bridgehead atoms. The lowest BCUT2D eigenvalue weighted by Gasteiger charge is -2.43. The van der Waals surface area contributed by atoms with Crippen LogP contribution in [0.15, 0.2) is 95.9 Å². The topological polar surface area (TPSA) is 145 Å². The van der Waals surface area contributed by atoms with Crippen LogP contribution in [0.2, 0.25) is 5.04 Å². The Balaban J connectivity index is 0.995. The third kappa shape index (κ3) is 21.4. The van der Waals surface area contributed by atoms with Gasteiger partial charge in [0.25, 0.3) is 18.4 Å². The quantitative estimate of drug-likeness (QED) is 0.0462. The second-order valence-electron chi connectivity index (χ2n) is 14.2. The molecule has 3 aromatic rings. The normalized spacial score (nSPS) is 12.3. The lowest BCUT2D eigenvalue weighted by atomic mass is 10.2. The molecule has 0 atom stereocenters. The molecule has 0 aliphatic rings. The standard InChI is InChI=1S/C44H68O14SSi/c1-44(2,3)60(42-15-9-5-10-16-42,43-17-11-6-12-18-43)58-40-38-56-36-34-54-32-30-52-28-26-50-24-22-48-20-19-47-21-23-49-25-27-51-29-31-53-33-35-55-37-39-57-59(45,46)41-13-7-4-8-14-41/h4-18H,19-40H2,1-3H3. The second-order valence-corrected chi connectivity index (χ2v) is 20.1. The molecule has 0 heterocycles. The van der Waals surface area contributed by atoms with Crippen molar-refractivity contribution < 1.29 is 64.4 Å². The van der Waals surface area contributed by atoms with E-state index in [1.165, 1.54) is 22.5 Å². The van der Waals surface area contributed by atoms with Crippen LogP contribution < -0.4 is 10.4 Å². The number of hydrogen-bond donors (Lipinski definition) is 0. The third-order valence-corrected chi connectivity index (χ3v) is 15.2. The smallest absolute Gasteiger partial charge is 0.297 e. The average Bonchev–Trinajstić information content (AvgIpc) is 3.25. The van der Waals surface area contributed by atoms with E-state index in [9.17, 15) is 8.42 Å². The van der Waals surface area contributed by atoms with E-state index in [0.717, 1.165) is 0 Å². The fourth-order valence-corrected chi connectivity index (χ4v) is 11.4. The summed E-state index contributed by atoms with van der Waals surface area (Å²) in [6.07, 6.45) is 0. The van der Waals surface area contributed by atoms with Gasteiger partial charge in [0.1, 0.15) is 0 Å². The van der Waals surface area contributed by atoms with Gasteiger partial charge in [0.15, 0.2) is 0 Å². The predicted octanol–water partition coefficient (Wildman–Crippen LogP) is 4.13. The molecule has 14 nitrogen and oxygen atoms in total. The van der Waals surface area contributed by atoms with Gasteiger partial charge in [0.2, 0.25) is 0 Å². The molecule has 338 valence electrons. The maximum atomic E-state index is 12.0. The SMILES string of the molecule is CC(C)(C)[Si](OCCOCCOCCOCCOCCOCCOCCOCCOCCOCCOCCOS(=O)(=O)c1ccccc1)(c1ccccc1)c1ccccc1. The first-order valence-electron chi connectivity index (χ1n) is 20.7. The molecule has 60 heavy (non-hydrogen) atoms. The molecular formula is C44H68O14SSi. The van der Waals surface area contributed by atoms with Crippen molar-refractivity contribution in [2.45, 2.75) is 30.7 Å². The number of ether oxygens (including phenoxy) is 10. The molecule has 0 saturated heterocycles. The summed E-state index contributed by atoms with van der Waals surface area (Å²) in [6, 6.07) is 29.2. The molecule has 16 heteroatoms. The Bertz CT molecular complexity index is 1510. The van der Waals surface area contributed by atoms with Crippen LogP contribution in [-0.2, 0) is 66.1 Å². The molecule has 0 N–H and O–H groups in total. The Labute approximate surface area is 359 Å². The molecule has 3 aromatic carbocycles. The van der Waals surface area contributed by atoms with E-state index in [1.807, 2.05) is 12.1 Å². The molecule has 3 rings (SSSR count). The number of rotatable bonds is 38. The summed E-state index contributed by atoms with van der Waals surface area (Å²) in [5.74, 6) is 0. The van der Waals surface area contributed by atoms with Gasteiger partial charge in [0, 0.05) is 0 Å². The van der Waals surface area contributed by atoms with Gasteiger partial charge in [0.05, 0.1) is 150 Å². The van der Waals surface area contributed by atoms with E-state index < -0.39 is 18.4 Å². The predicted molar refractivity (Wildman–Crippen MR) is 231 cm³/mol. The van der Waals surface area contributed by atoms with Crippen LogP contribution in [0.25, 0.3) is 0 Å². The van der Waals surface area contributed by atoms with Gasteiger partial charge in [-0.15, -0.1) is 0 Å². The van der Waals surface area contributed by atoms with Crippen molar-refractivity contribution in [1.29, 1.82) is 0 Å². The van der Waals surface area contributed by atoms with Crippen LogP contribution in [-0.4, -0.2) is 162 Å². The minimum atomic E-state index is -3.77. The van der Waals surface area contributed by atoms with E-state index in [-0.39, 0.29) is 23.1 Å². The highest BCUT2D eigenvalue weighted by Gasteiger charge is 2.50. The number of hydrogen-bond acceptors (Lipinski definition) is 14. The van der Waals surface area contributed by atoms with E-state index in [0.29, 0.717) is 132 Å². The summed E-state index contributed by atoms with van der Waals surface area (Å²) in [5, 5.41) is 2.45. The average molecular weight is 881 g/mol. The van der Waals surface area contributed by atoms with Crippen LogP contribution in [0.3, 0.4) is 0 Å². The van der Waals surface area contributed by atoms with Crippen LogP contribution in [0, 0.1) is 0 Å². The molecule has 0 saturated carbocycles. The first-order chi connectivity index (χ1) is 29.3. The fraction of sp³-hybridized carbons (Fsp3) is 0.591. The summed E-state index contributed by atoms with van der Waals surface area (Å²) in [6.45, 7) is 16.2. The molecule has 0 aliphatic carbocycles. The van der Waals surface area contributed by atoms with Crippen molar-refractivity contribution in [1.82, 2.24) is 0 Å². The largest absolute Gasteiger partial charge is 0.405 e. The summed E-state index contributed by atoms with van der Waals surface area (Å²) in [7, 11) is -6.32. The van der Waals surface area contributed by atoms with Gasteiger partial charge in [-0.05, 0) is 27.5 Å². The van der Waals surface area contributed by atoms with Crippen molar-refractivity contribution >= 4 is 28.8 Å². The summed E-state index contributed by atoms with van der Waals surface area (Å²) in [5.41, 5.74) is 0. The highest BCUT2D eigenvalue weighted by Crippen LogP contribution is 2.36. The van der Waals surface area contributed by atoms with Gasteiger partial charge >= 0.3 is 0 Å². The summed E-state index contributed by atoms with van der Waals surface area (Å²) >= 11 is 0. The third-order valence-electron chi connectivity index (χ3n) is 8.81. The Morgan fingerprint density at radius 3 is 0.900 bits per heavy atom. The zero-order valence-electron chi connectivity index (χ0n) is 35.8. The minimum Gasteiger partial charge on any atom is -0.405 e. The summed E-state index contributed by atoms with van der Waals surface area (Å²) in [4.78, 5) is 0.119. The highest BCUT2D eigenvalue weighted by atomic mass is 32.2. The fourth-order valence-electron chi connectivity index (χ4n) is 5.95. The van der Waals surface area contributed by atoms with E-state index >= 15 is 0 Å². The molecule has 0 aliphatic heterocycles. The first kappa shape index (κ1) is 51.7.